The third-order valence-electron chi connectivity index (χ3n) is 5.00. The van der Waals surface area contributed by atoms with Crippen LogP contribution in [0.25, 0.3) is 5.57 Å². The molecule has 0 N–H and O–H groups in total. The largest absolute Gasteiger partial charge is 0.512 e. The maximum absolute atomic E-state index is 11.6. The Kier molecular flexibility index (Phi) is 8.50. The molecule has 1 aliphatic rings. The minimum Gasteiger partial charge on any atom is -0.475 e. The molecule has 0 bridgehead atoms. The first-order valence-corrected chi connectivity index (χ1v) is 10.5. The molecule has 0 fully saturated rings. The molecule has 8 heteroatoms. The van der Waals surface area contributed by atoms with Gasteiger partial charge in [0.15, 0.2) is 0 Å². The van der Waals surface area contributed by atoms with E-state index in [1.54, 1.807) is 0 Å². The number of hydrogen-bond acceptors (Lipinski definition) is 7. The predicted molar refractivity (Wildman–Crippen MR) is 106 cm³/mol. The summed E-state index contributed by atoms with van der Waals surface area (Å²) in [5.41, 5.74) is 1.93. The summed E-state index contributed by atoms with van der Waals surface area (Å²) in [6.45, 7) is 6.49. The van der Waals surface area contributed by atoms with Crippen molar-refractivity contribution < 1.29 is 23.5 Å². The Bertz CT molecular complexity index is 634. The molecule has 0 spiro atoms. The van der Waals surface area contributed by atoms with E-state index in [0.29, 0.717) is 23.5 Å². The number of unbranched alkanes of at least 4 members (excludes halogenated alkanes) is 3. The van der Waals surface area contributed by atoms with E-state index in [2.05, 4.69) is 33.5 Å². The molecule has 1 aromatic heterocycles. The average Bonchev–Trinajstić information content (AvgIpc) is 3.14. The van der Waals surface area contributed by atoms with Crippen LogP contribution in [-0.4, -0.2) is 59.5 Å². The number of quaternary nitrogens is 1. The second-order valence-corrected chi connectivity index (χ2v) is 7.67. The van der Waals surface area contributed by atoms with Crippen LogP contribution in [0.5, 0.6) is 5.88 Å². The number of methoxy groups -OCH3 is 1. The second-order valence-electron chi connectivity index (χ2n) is 7.14. The summed E-state index contributed by atoms with van der Waals surface area (Å²) in [4.78, 5) is 11.6. The number of carbonyl (C=O) groups is 1. The van der Waals surface area contributed by atoms with Gasteiger partial charge in [-0.2, -0.15) is 4.37 Å². The highest BCUT2D eigenvalue weighted by Crippen LogP contribution is 2.32. The van der Waals surface area contributed by atoms with Crippen molar-refractivity contribution in [2.45, 2.75) is 58.6 Å². The van der Waals surface area contributed by atoms with Gasteiger partial charge in [-0.05, 0) is 6.42 Å². The summed E-state index contributed by atoms with van der Waals surface area (Å²) in [6.07, 6.45) is 7.55. The number of carbonyl (C=O) groups excluding carboxylic acids is 1. The summed E-state index contributed by atoms with van der Waals surface area (Å²) in [5.74, 6) is 0.623. The second kappa shape index (κ2) is 10.6. The summed E-state index contributed by atoms with van der Waals surface area (Å²) in [5, 5.41) is 0. The molecule has 2 heterocycles. The minimum atomic E-state index is -0.635. The molecule has 2 rings (SSSR count). The fourth-order valence-corrected chi connectivity index (χ4v) is 3.99. The van der Waals surface area contributed by atoms with E-state index in [1.807, 2.05) is 6.92 Å². The van der Waals surface area contributed by atoms with Gasteiger partial charge in [-0.3, -0.25) is 4.48 Å². The van der Waals surface area contributed by atoms with E-state index >= 15 is 0 Å². The van der Waals surface area contributed by atoms with E-state index in [4.69, 9.17) is 9.47 Å². The van der Waals surface area contributed by atoms with E-state index in [1.165, 1.54) is 38.1 Å². The van der Waals surface area contributed by atoms with Crippen molar-refractivity contribution in [1.29, 1.82) is 0 Å². The summed E-state index contributed by atoms with van der Waals surface area (Å²) in [6, 6.07) is 0. The van der Waals surface area contributed by atoms with Crippen LogP contribution in [-0.2, 0) is 9.47 Å². The van der Waals surface area contributed by atoms with Gasteiger partial charge in [0.1, 0.15) is 12.2 Å². The zero-order chi connectivity index (χ0) is 19.7. The maximum atomic E-state index is 11.6. The van der Waals surface area contributed by atoms with Gasteiger partial charge in [-0.15, -0.1) is 4.37 Å². The van der Waals surface area contributed by atoms with Crippen molar-refractivity contribution in [2.75, 3.05) is 33.9 Å². The highest BCUT2D eigenvalue weighted by molar-refractivity contribution is 6.99. The topological polar surface area (TPSA) is 70.5 Å². The van der Waals surface area contributed by atoms with Crippen molar-refractivity contribution in [1.82, 2.24) is 8.75 Å². The average molecular weight is 399 g/mol. The van der Waals surface area contributed by atoms with Gasteiger partial charge < -0.3 is 14.2 Å². The Hall–Kier alpha value is -1.67. The fourth-order valence-electron chi connectivity index (χ4n) is 3.46. The third-order valence-corrected chi connectivity index (χ3v) is 5.52. The molecular formula is C19H32N3O4S+. The number of ether oxygens (including phenoxy) is 3. The third kappa shape index (κ3) is 5.90. The molecule has 2 unspecified atom stereocenters. The van der Waals surface area contributed by atoms with E-state index in [9.17, 15) is 4.79 Å². The molecule has 0 radical (unpaired) electrons. The van der Waals surface area contributed by atoms with Crippen LogP contribution in [0.4, 0.5) is 4.79 Å². The van der Waals surface area contributed by atoms with Gasteiger partial charge in [0.25, 0.3) is 5.88 Å². The number of nitrogens with zero attached hydrogens (tertiary/aromatic N) is 3. The molecule has 1 aliphatic heterocycles. The fraction of sp³-hybridized carbons (Fsp3) is 0.737. The number of aromatic nitrogens is 2. The van der Waals surface area contributed by atoms with Crippen LogP contribution < -0.4 is 4.74 Å². The van der Waals surface area contributed by atoms with E-state index in [-0.39, 0.29) is 6.23 Å². The zero-order valence-electron chi connectivity index (χ0n) is 16.9. The van der Waals surface area contributed by atoms with Gasteiger partial charge in [0.2, 0.25) is 6.23 Å². The normalized spacial score (nSPS) is 20.7. The van der Waals surface area contributed by atoms with Crippen molar-refractivity contribution in [3.05, 3.63) is 11.8 Å². The van der Waals surface area contributed by atoms with Crippen LogP contribution in [0, 0.1) is 0 Å². The molecule has 7 nitrogen and oxygen atoms in total. The lowest BCUT2D eigenvalue weighted by atomic mass is 10.0. The van der Waals surface area contributed by atoms with Crippen molar-refractivity contribution in [3.8, 4) is 5.88 Å². The Morgan fingerprint density at radius 2 is 2.11 bits per heavy atom. The molecule has 0 aromatic carbocycles. The van der Waals surface area contributed by atoms with Crippen LogP contribution >= 0.6 is 11.7 Å². The molecule has 1 aromatic rings. The molecule has 152 valence electrons. The van der Waals surface area contributed by atoms with Gasteiger partial charge >= 0.3 is 6.16 Å². The summed E-state index contributed by atoms with van der Waals surface area (Å²) < 4.78 is 25.5. The van der Waals surface area contributed by atoms with Crippen LogP contribution in [0.1, 0.15) is 58.1 Å². The first kappa shape index (κ1) is 21.6. The van der Waals surface area contributed by atoms with Crippen LogP contribution in [0.3, 0.4) is 0 Å². The Labute approximate surface area is 166 Å². The Morgan fingerprint density at radius 3 is 2.81 bits per heavy atom. The molecule has 0 saturated carbocycles. The lowest BCUT2D eigenvalue weighted by molar-refractivity contribution is -0.947. The molecular weight excluding hydrogens is 366 g/mol. The molecule has 0 aliphatic carbocycles. The van der Waals surface area contributed by atoms with E-state index in [0.717, 1.165) is 37.1 Å². The number of rotatable bonds is 10. The van der Waals surface area contributed by atoms with Gasteiger partial charge in [-0.25, -0.2) is 4.79 Å². The quantitative estimate of drug-likeness (QED) is 0.333. The SMILES string of the molecule is CCCCCCOc1nsnc1C1=CCC[N+](C)(C(CC)OC(=O)OC)C1. The number of likely N-dealkylation sites (N-methyl/N-ethyl adjacent to an activating group) is 1. The van der Waals surface area contributed by atoms with Crippen molar-refractivity contribution >= 4 is 23.5 Å². The summed E-state index contributed by atoms with van der Waals surface area (Å²) in [7, 11) is 3.44. The highest BCUT2D eigenvalue weighted by atomic mass is 32.1. The predicted octanol–water partition coefficient (Wildman–Crippen LogP) is 4.25. The van der Waals surface area contributed by atoms with Crippen molar-refractivity contribution in [2.24, 2.45) is 0 Å². The first-order valence-electron chi connectivity index (χ1n) is 9.77. The minimum absolute atomic E-state index is 0.258. The van der Waals surface area contributed by atoms with Gasteiger partial charge in [-0.1, -0.05) is 39.2 Å². The summed E-state index contributed by atoms with van der Waals surface area (Å²) >= 11 is 1.18. The van der Waals surface area contributed by atoms with E-state index < -0.39 is 6.16 Å². The molecule has 0 amide bonds. The maximum Gasteiger partial charge on any atom is 0.512 e. The molecule has 27 heavy (non-hydrogen) atoms. The smallest absolute Gasteiger partial charge is 0.475 e. The standard InChI is InChI=1S/C19H32N3O4S/c1-5-7-8-9-13-25-18-17(20-27-21-18)15-11-10-12-22(3,14-15)16(6-2)26-19(23)24-4/h11,16H,5-10,12-14H2,1-4H3/q+1. The van der Waals surface area contributed by atoms with Crippen LogP contribution in [0.2, 0.25) is 0 Å². The van der Waals surface area contributed by atoms with Gasteiger partial charge in [0.05, 0.1) is 39.0 Å². The lowest BCUT2D eigenvalue weighted by Gasteiger charge is -2.42. The highest BCUT2D eigenvalue weighted by Gasteiger charge is 2.38. The van der Waals surface area contributed by atoms with Crippen molar-refractivity contribution in [3.63, 3.8) is 0 Å². The van der Waals surface area contributed by atoms with Gasteiger partial charge in [0, 0.05) is 18.4 Å². The molecule has 0 saturated heterocycles. The zero-order valence-corrected chi connectivity index (χ0v) is 17.7. The lowest BCUT2D eigenvalue weighted by Crippen LogP contribution is -2.56. The number of hydrogen-bond donors (Lipinski definition) is 0. The monoisotopic (exact) mass is 398 g/mol. The Balaban J connectivity index is 2.04. The first-order chi connectivity index (χ1) is 13.0. The van der Waals surface area contributed by atoms with Crippen LogP contribution in [0.15, 0.2) is 6.08 Å². The molecule has 2 atom stereocenters. The Morgan fingerprint density at radius 1 is 1.30 bits per heavy atom.